The third-order valence-electron chi connectivity index (χ3n) is 2.35. The van der Waals surface area contributed by atoms with Gasteiger partial charge in [-0.1, -0.05) is 11.6 Å². The molecule has 0 heterocycles. The standard InChI is InChI=1S/C12H17ClN2OS2/c1-14-12(17)15-8-2-3-9-18(16)11-6-4-10(13)5-7-11/h4-7H,2-3,8-9H2,1H3,(H2,14,15,17). The van der Waals surface area contributed by atoms with Crippen LogP contribution >= 0.6 is 23.8 Å². The molecule has 18 heavy (non-hydrogen) atoms. The van der Waals surface area contributed by atoms with Crippen molar-refractivity contribution < 1.29 is 4.21 Å². The van der Waals surface area contributed by atoms with Gasteiger partial charge in [-0.05, 0) is 49.3 Å². The second kappa shape index (κ2) is 8.45. The summed E-state index contributed by atoms with van der Waals surface area (Å²) in [6.45, 7) is 0.803. The first-order valence-electron chi connectivity index (χ1n) is 5.73. The third-order valence-corrected chi connectivity index (χ3v) is 4.40. The highest BCUT2D eigenvalue weighted by molar-refractivity contribution is 7.85. The molecule has 0 aliphatic rings. The van der Waals surface area contributed by atoms with Crippen molar-refractivity contribution >= 4 is 39.7 Å². The third kappa shape index (κ3) is 5.80. The summed E-state index contributed by atoms with van der Waals surface area (Å²) in [5.74, 6) is 0.662. The summed E-state index contributed by atoms with van der Waals surface area (Å²) < 4.78 is 11.9. The second-order valence-corrected chi connectivity index (χ2v) is 6.13. The number of benzene rings is 1. The number of unbranched alkanes of at least 4 members (excludes halogenated alkanes) is 1. The Labute approximate surface area is 121 Å². The number of thiocarbonyl (C=S) groups is 1. The van der Waals surface area contributed by atoms with E-state index in [4.69, 9.17) is 23.8 Å². The Morgan fingerprint density at radius 2 is 2.00 bits per heavy atom. The molecule has 0 aliphatic carbocycles. The highest BCUT2D eigenvalue weighted by Crippen LogP contribution is 2.13. The van der Waals surface area contributed by atoms with Crippen LogP contribution in [0.25, 0.3) is 0 Å². The number of halogens is 1. The minimum Gasteiger partial charge on any atom is -0.366 e. The molecule has 1 aromatic carbocycles. The van der Waals surface area contributed by atoms with Crippen LogP contribution in [0.3, 0.4) is 0 Å². The van der Waals surface area contributed by atoms with Crippen LogP contribution in [0, 0.1) is 0 Å². The van der Waals surface area contributed by atoms with E-state index in [1.54, 1.807) is 19.2 Å². The number of hydrogen-bond donors (Lipinski definition) is 2. The molecule has 100 valence electrons. The van der Waals surface area contributed by atoms with E-state index in [1.165, 1.54) is 0 Å². The van der Waals surface area contributed by atoms with Crippen molar-refractivity contribution in [2.45, 2.75) is 17.7 Å². The SMILES string of the molecule is CNC(=S)NCCCCS(=O)c1ccc(Cl)cc1. The van der Waals surface area contributed by atoms with Gasteiger partial charge in [-0.25, -0.2) is 0 Å². The molecule has 0 spiro atoms. The Balaban J connectivity index is 2.21. The van der Waals surface area contributed by atoms with Crippen LogP contribution in [0.5, 0.6) is 0 Å². The van der Waals surface area contributed by atoms with Crippen LogP contribution in [0.4, 0.5) is 0 Å². The first kappa shape index (κ1) is 15.4. The fourth-order valence-corrected chi connectivity index (χ4v) is 2.72. The molecule has 0 fully saturated rings. The van der Waals surface area contributed by atoms with Crippen molar-refractivity contribution in [2.75, 3.05) is 19.3 Å². The van der Waals surface area contributed by atoms with Crippen molar-refractivity contribution in [1.29, 1.82) is 0 Å². The first-order chi connectivity index (χ1) is 8.63. The van der Waals surface area contributed by atoms with Gasteiger partial charge < -0.3 is 10.6 Å². The Kier molecular flexibility index (Phi) is 7.23. The number of hydrogen-bond acceptors (Lipinski definition) is 2. The predicted octanol–water partition coefficient (Wildman–Crippen LogP) is 2.32. The average molecular weight is 305 g/mol. The van der Waals surface area contributed by atoms with Gasteiger partial charge in [0.1, 0.15) is 0 Å². The van der Waals surface area contributed by atoms with E-state index in [0.717, 1.165) is 24.3 Å². The van der Waals surface area contributed by atoms with Gasteiger partial charge in [-0.2, -0.15) is 0 Å². The number of nitrogens with one attached hydrogen (secondary N) is 2. The van der Waals surface area contributed by atoms with Crippen LogP contribution in [0.15, 0.2) is 29.2 Å². The Morgan fingerprint density at radius 3 is 2.61 bits per heavy atom. The summed E-state index contributed by atoms with van der Waals surface area (Å²) in [7, 11) is 0.840. The first-order valence-corrected chi connectivity index (χ1v) is 7.83. The topological polar surface area (TPSA) is 41.1 Å². The van der Waals surface area contributed by atoms with Gasteiger partial charge >= 0.3 is 0 Å². The van der Waals surface area contributed by atoms with E-state index in [-0.39, 0.29) is 0 Å². The molecule has 0 radical (unpaired) electrons. The van der Waals surface area contributed by atoms with E-state index in [1.807, 2.05) is 12.1 Å². The van der Waals surface area contributed by atoms with Crippen LogP contribution in [-0.4, -0.2) is 28.7 Å². The lowest BCUT2D eigenvalue weighted by atomic mass is 10.3. The minimum atomic E-state index is -0.943. The molecule has 2 N–H and O–H groups in total. The molecule has 0 amide bonds. The van der Waals surface area contributed by atoms with E-state index in [9.17, 15) is 4.21 Å². The summed E-state index contributed by atoms with van der Waals surface area (Å²) >= 11 is 10.7. The Hall–Kier alpha value is -0.650. The molecule has 0 saturated heterocycles. The predicted molar refractivity (Wildman–Crippen MR) is 81.6 cm³/mol. The smallest absolute Gasteiger partial charge is 0.166 e. The van der Waals surface area contributed by atoms with Gasteiger partial charge in [-0.15, -0.1) is 0 Å². The second-order valence-electron chi connectivity index (χ2n) is 3.72. The van der Waals surface area contributed by atoms with Crippen molar-refractivity contribution in [3.63, 3.8) is 0 Å². The van der Waals surface area contributed by atoms with Crippen molar-refractivity contribution in [3.05, 3.63) is 29.3 Å². The normalized spacial score (nSPS) is 11.9. The lowest BCUT2D eigenvalue weighted by Crippen LogP contribution is -2.33. The minimum absolute atomic E-state index is 0.647. The van der Waals surface area contributed by atoms with Crippen LogP contribution < -0.4 is 10.6 Å². The van der Waals surface area contributed by atoms with E-state index in [0.29, 0.717) is 15.9 Å². The Bertz CT molecular complexity index is 409. The van der Waals surface area contributed by atoms with Gasteiger partial charge in [0.2, 0.25) is 0 Å². The van der Waals surface area contributed by atoms with E-state index < -0.39 is 10.8 Å². The van der Waals surface area contributed by atoms with Crippen molar-refractivity contribution in [3.8, 4) is 0 Å². The lowest BCUT2D eigenvalue weighted by Gasteiger charge is -2.06. The largest absolute Gasteiger partial charge is 0.366 e. The monoisotopic (exact) mass is 304 g/mol. The fourth-order valence-electron chi connectivity index (χ4n) is 1.35. The summed E-state index contributed by atoms with van der Waals surface area (Å²) in [6, 6.07) is 7.16. The lowest BCUT2D eigenvalue weighted by molar-refractivity contribution is 0.675. The highest BCUT2D eigenvalue weighted by atomic mass is 35.5. The maximum absolute atomic E-state index is 11.9. The van der Waals surface area contributed by atoms with Crippen molar-refractivity contribution in [1.82, 2.24) is 10.6 Å². The zero-order valence-electron chi connectivity index (χ0n) is 10.2. The fraction of sp³-hybridized carbons (Fsp3) is 0.417. The maximum Gasteiger partial charge on any atom is 0.166 e. The average Bonchev–Trinajstić information content (AvgIpc) is 2.38. The molecule has 6 heteroatoms. The van der Waals surface area contributed by atoms with E-state index in [2.05, 4.69) is 10.6 Å². The quantitative estimate of drug-likeness (QED) is 0.625. The summed E-state index contributed by atoms with van der Waals surface area (Å²) in [5, 5.41) is 7.22. The molecule has 0 aliphatic heterocycles. The molecule has 0 bridgehead atoms. The van der Waals surface area contributed by atoms with Crippen LogP contribution in [-0.2, 0) is 10.8 Å². The van der Waals surface area contributed by atoms with Gasteiger partial charge in [0, 0.05) is 29.3 Å². The van der Waals surface area contributed by atoms with Gasteiger partial charge in [0.25, 0.3) is 0 Å². The maximum atomic E-state index is 11.9. The Morgan fingerprint density at radius 1 is 1.33 bits per heavy atom. The molecular weight excluding hydrogens is 288 g/mol. The zero-order chi connectivity index (χ0) is 13.4. The van der Waals surface area contributed by atoms with Gasteiger partial charge in [0.05, 0.1) is 10.8 Å². The van der Waals surface area contributed by atoms with Gasteiger partial charge in [-0.3, -0.25) is 4.21 Å². The molecule has 3 nitrogen and oxygen atoms in total. The molecule has 1 unspecified atom stereocenters. The van der Waals surface area contributed by atoms with Gasteiger partial charge in [0.15, 0.2) is 5.11 Å². The molecule has 1 rings (SSSR count). The zero-order valence-corrected chi connectivity index (χ0v) is 12.6. The molecule has 0 saturated carbocycles. The molecule has 0 aromatic heterocycles. The number of rotatable bonds is 6. The molecule has 1 atom stereocenters. The summed E-state index contributed by atoms with van der Waals surface area (Å²) in [5.41, 5.74) is 0. The van der Waals surface area contributed by atoms with Crippen LogP contribution in [0.1, 0.15) is 12.8 Å². The summed E-state index contributed by atoms with van der Waals surface area (Å²) in [6.07, 6.45) is 1.84. The van der Waals surface area contributed by atoms with Crippen molar-refractivity contribution in [2.24, 2.45) is 0 Å². The van der Waals surface area contributed by atoms with E-state index >= 15 is 0 Å². The summed E-state index contributed by atoms with van der Waals surface area (Å²) in [4.78, 5) is 0.832. The molecular formula is C12H17ClN2OS2. The highest BCUT2D eigenvalue weighted by Gasteiger charge is 2.03. The van der Waals surface area contributed by atoms with Crippen LogP contribution in [0.2, 0.25) is 5.02 Å². The molecule has 1 aromatic rings.